The second-order valence-corrected chi connectivity index (χ2v) is 5.14. The second-order valence-electron chi connectivity index (χ2n) is 5.14. The van der Waals surface area contributed by atoms with Crippen molar-refractivity contribution >= 4 is 5.97 Å². The lowest BCUT2D eigenvalue weighted by molar-refractivity contribution is -0.146. The molecule has 0 heterocycles. The Balaban J connectivity index is 4.35. The Hall–Kier alpha value is -0.610. The minimum absolute atomic E-state index is 0.133. The monoisotopic (exact) mass is 258 g/mol. The predicted octanol–water partition coefficient (Wildman–Crippen LogP) is 2.04. The number of carbonyl (C=O) groups is 1. The molecule has 0 radical (unpaired) electrons. The van der Waals surface area contributed by atoms with Crippen LogP contribution in [0.4, 0.5) is 0 Å². The Labute approximate surface area is 112 Å². The first-order valence-corrected chi connectivity index (χ1v) is 7.09. The molecule has 0 aliphatic carbocycles. The standard InChI is InChI=1S/C14H30N2O2/c1-7-16(12(5)6)10-9-13(15-11(3)4)14(17)18-8-2/h11-13,15H,7-10H2,1-6H3. The van der Waals surface area contributed by atoms with E-state index >= 15 is 0 Å². The topological polar surface area (TPSA) is 41.6 Å². The summed E-state index contributed by atoms with van der Waals surface area (Å²) < 4.78 is 5.11. The van der Waals surface area contributed by atoms with E-state index in [1.807, 2.05) is 20.8 Å². The van der Waals surface area contributed by atoms with Crippen molar-refractivity contribution in [2.75, 3.05) is 19.7 Å². The van der Waals surface area contributed by atoms with E-state index in [2.05, 4.69) is 31.0 Å². The molecule has 0 rings (SSSR count). The van der Waals surface area contributed by atoms with Gasteiger partial charge in [-0.3, -0.25) is 4.79 Å². The normalized spacial score (nSPS) is 13.4. The van der Waals surface area contributed by atoms with Gasteiger partial charge in [-0.25, -0.2) is 0 Å². The first-order valence-electron chi connectivity index (χ1n) is 7.09. The number of esters is 1. The van der Waals surface area contributed by atoms with Gasteiger partial charge >= 0.3 is 5.97 Å². The maximum atomic E-state index is 11.8. The minimum atomic E-state index is -0.197. The molecule has 0 aliphatic heterocycles. The molecule has 4 nitrogen and oxygen atoms in total. The number of rotatable bonds is 9. The Morgan fingerprint density at radius 3 is 2.22 bits per heavy atom. The smallest absolute Gasteiger partial charge is 0.323 e. The minimum Gasteiger partial charge on any atom is -0.465 e. The fraction of sp³-hybridized carbons (Fsp3) is 0.929. The van der Waals surface area contributed by atoms with Crippen LogP contribution >= 0.6 is 0 Å². The van der Waals surface area contributed by atoms with Gasteiger partial charge in [0.2, 0.25) is 0 Å². The molecule has 18 heavy (non-hydrogen) atoms. The summed E-state index contributed by atoms with van der Waals surface area (Å²) in [4.78, 5) is 14.2. The van der Waals surface area contributed by atoms with Crippen molar-refractivity contribution in [2.24, 2.45) is 0 Å². The average Bonchev–Trinajstić information content (AvgIpc) is 2.27. The summed E-state index contributed by atoms with van der Waals surface area (Å²) in [6.07, 6.45) is 0.795. The summed E-state index contributed by atoms with van der Waals surface area (Å²) in [6, 6.07) is 0.600. The van der Waals surface area contributed by atoms with Crippen molar-refractivity contribution in [1.82, 2.24) is 10.2 Å². The van der Waals surface area contributed by atoms with Gasteiger partial charge in [0.1, 0.15) is 6.04 Å². The van der Waals surface area contributed by atoms with Crippen LogP contribution in [0, 0.1) is 0 Å². The van der Waals surface area contributed by atoms with Crippen LogP contribution in [0.2, 0.25) is 0 Å². The molecule has 1 unspecified atom stereocenters. The SMILES string of the molecule is CCOC(=O)C(CCN(CC)C(C)C)NC(C)C. The third kappa shape index (κ3) is 6.97. The van der Waals surface area contributed by atoms with Gasteiger partial charge in [0.15, 0.2) is 0 Å². The van der Waals surface area contributed by atoms with Crippen molar-refractivity contribution < 1.29 is 9.53 Å². The van der Waals surface area contributed by atoms with E-state index in [4.69, 9.17) is 4.74 Å². The first kappa shape index (κ1) is 17.4. The number of nitrogens with one attached hydrogen (secondary N) is 1. The van der Waals surface area contributed by atoms with Crippen molar-refractivity contribution in [3.63, 3.8) is 0 Å². The zero-order chi connectivity index (χ0) is 14.1. The highest BCUT2D eigenvalue weighted by Crippen LogP contribution is 2.04. The fourth-order valence-electron chi connectivity index (χ4n) is 1.99. The number of nitrogens with zero attached hydrogens (tertiary/aromatic N) is 1. The van der Waals surface area contributed by atoms with E-state index in [9.17, 15) is 4.79 Å². The molecule has 0 aromatic carbocycles. The summed E-state index contributed by atoms with van der Waals surface area (Å²) in [5.74, 6) is -0.133. The summed E-state index contributed by atoms with van der Waals surface area (Å²) in [6.45, 7) is 14.8. The van der Waals surface area contributed by atoms with Gasteiger partial charge in [0.25, 0.3) is 0 Å². The van der Waals surface area contributed by atoms with Crippen molar-refractivity contribution in [3.05, 3.63) is 0 Å². The van der Waals surface area contributed by atoms with E-state index in [1.165, 1.54) is 0 Å². The van der Waals surface area contributed by atoms with Gasteiger partial charge in [0.05, 0.1) is 6.61 Å². The molecule has 1 N–H and O–H groups in total. The zero-order valence-electron chi connectivity index (χ0n) is 12.8. The summed E-state index contributed by atoms with van der Waals surface area (Å²) >= 11 is 0. The summed E-state index contributed by atoms with van der Waals surface area (Å²) in [7, 11) is 0. The number of hydrogen-bond donors (Lipinski definition) is 1. The molecule has 1 atom stereocenters. The van der Waals surface area contributed by atoms with Crippen LogP contribution in [0.25, 0.3) is 0 Å². The highest BCUT2D eigenvalue weighted by molar-refractivity contribution is 5.75. The molecular formula is C14H30N2O2. The molecule has 0 saturated carbocycles. The third-order valence-electron chi connectivity index (χ3n) is 2.95. The number of hydrogen-bond acceptors (Lipinski definition) is 4. The van der Waals surface area contributed by atoms with Gasteiger partial charge in [0, 0.05) is 18.6 Å². The van der Waals surface area contributed by atoms with Gasteiger partial charge < -0.3 is 15.0 Å². The predicted molar refractivity (Wildman–Crippen MR) is 75.7 cm³/mol. The summed E-state index contributed by atoms with van der Waals surface area (Å²) in [5, 5.41) is 3.28. The molecule has 0 aliphatic rings. The number of carbonyl (C=O) groups excluding carboxylic acids is 1. The highest BCUT2D eigenvalue weighted by Gasteiger charge is 2.21. The van der Waals surface area contributed by atoms with Gasteiger partial charge in [-0.2, -0.15) is 0 Å². The van der Waals surface area contributed by atoms with Crippen LogP contribution < -0.4 is 5.32 Å². The van der Waals surface area contributed by atoms with Crippen LogP contribution in [0.1, 0.15) is 48.0 Å². The maximum Gasteiger partial charge on any atom is 0.323 e. The Kier molecular flexibility index (Phi) is 9.02. The molecule has 0 bridgehead atoms. The molecular weight excluding hydrogens is 228 g/mol. The van der Waals surface area contributed by atoms with Crippen LogP contribution in [-0.2, 0) is 9.53 Å². The van der Waals surface area contributed by atoms with E-state index in [-0.39, 0.29) is 18.1 Å². The van der Waals surface area contributed by atoms with Crippen molar-refractivity contribution in [3.8, 4) is 0 Å². The fourth-order valence-corrected chi connectivity index (χ4v) is 1.99. The second kappa shape index (κ2) is 9.34. The van der Waals surface area contributed by atoms with Crippen LogP contribution in [0.15, 0.2) is 0 Å². The van der Waals surface area contributed by atoms with E-state index in [1.54, 1.807) is 0 Å². The highest BCUT2D eigenvalue weighted by atomic mass is 16.5. The van der Waals surface area contributed by atoms with Crippen molar-refractivity contribution in [1.29, 1.82) is 0 Å². The van der Waals surface area contributed by atoms with Gasteiger partial charge in [-0.05, 0) is 33.7 Å². The Bertz CT molecular complexity index is 230. The van der Waals surface area contributed by atoms with Gasteiger partial charge in [-0.1, -0.05) is 20.8 Å². The Morgan fingerprint density at radius 2 is 1.83 bits per heavy atom. The van der Waals surface area contributed by atoms with E-state index in [0.29, 0.717) is 12.6 Å². The molecule has 108 valence electrons. The average molecular weight is 258 g/mol. The maximum absolute atomic E-state index is 11.8. The molecule has 4 heteroatoms. The molecule has 0 spiro atoms. The van der Waals surface area contributed by atoms with E-state index < -0.39 is 0 Å². The lowest BCUT2D eigenvalue weighted by Gasteiger charge is -2.27. The lowest BCUT2D eigenvalue weighted by Crippen LogP contribution is -2.45. The largest absolute Gasteiger partial charge is 0.465 e. The molecule has 0 amide bonds. The van der Waals surface area contributed by atoms with Crippen LogP contribution in [0.3, 0.4) is 0 Å². The number of ether oxygens (including phenoxy) is 1. The molecule has 0 fully saturated rings. The molecule has 0 aromatic rings. The summed E-state index contributed by atoms with van der Waals surface area (Å²) in [5.41, 5.74) is 0. The van der Waals surface area contributed by atoms with Crippen molar-refractivity contribution in [2.45, 2.75) is 66.1 Å². The molecule has 0 saturated heterocycles. The van der Waals surface area contributed by atoms with Crippen LogP contribution in [0.5, 0.6) is 0 Å². The first-order chi connectivity index (χ1) is 8.42. The van der Waals surface area contributed by atoms with E-state index in [0.717, 1.165) is 19.5 Å². The third-order valence-corrected chi connectivity index (χ3v) is 2.95. The van der Waals surface area contributed by atoms with Crippen LogP contribution in [-0.4, -0.2) is 48.7 Å². The van der Waals surface area contributed by atoms with Gasteiger partial charge in [-0.15, -0.1) is 0 Å². The zero-order valence-corrected chi connectivity index (χ0v) is 12.8. The molecule has 0 aromatic heterocycles. The Morgan fingerprint density at radius 1 is 1.22 bits per heavy atom. The quantitative estimate of drug-likeness (QED) is 0.643. The lowest BCUT2D eigenvalue weighted by atomic mass is 10.1.